The van der Waals surface area contributed by atoms with Crippen LogP contribution in [0.2, 0.25) is 0 Å². The van der Waals surface area contributed by atoms with Crippen LogP contribution < -0.4 is 0 Å². The third-order valence-corrected chi connectivity index (χ3v) is 1.16. The molecule has 0 aromatic carbocycles. The number of alkyl halides is 3. The fraction of sp³-hybridized carbons (Fsp3) is 0.833. The van der Waals surface area contributed by atoms with E-state index in [0.717, 1.165) is 0 Å². The van der Waals surface area contributed by atoms with Crippen molar-refractivity contribution in [1.82, 2.24) is 0 Å². The second-order valence-corrected chi connectivity index (χ2v) is 2.57. The molecule has 0 aromatic rings. The van der Waals surface area contributed by atoms with Gasteiger partial charge in [-0.1, -0.05) is 18.5 Å². The zero-order chi connectivity index (χ0) is 8.91. The molecule has 0 saturated carbocycles. The first kappa shape index (κ1) is 10.6. The maximum Gasteiger partial charge on any atom is 0.362 e. The summed E-state index contributed by atoms with van der Waals surface area (Å²) in [5.74, 6) is -1.36. The van der Waals surface area contributed by atoms with Gasteiger partial charge in [0.1, 0.15) is 6.67 Å². The first-order valence-corrected chi connectivity index (χ1v) is 3.53. The highest BCUT2D eigenvalue weighted by molar-refractivity contribution is 6.32. The smallest absolute Gasteiger partial charge is 0.362 e. The van der Waals surface area contributed by atoms with Crippen molar-refractivity contribution in [1.29, 1.82) is 0 Å². The lowest BCUT2D eigenvalue weighted by atomic mass is 10.4. The summed E-state index contributed by atoms with van der Waals surface area (Å²) < 4.78 is 28.4. The molecule has 5 heteroatoms. The van der Waals surface area contributed by atoms with E-state index >= 15 is 0 Å². The summed E-state index contributed by atoms with van der Waals surface area (Å²) in [6.45, 7) is 0.213. The highest BCUT2D eigenvalue weighted by Crippen LogP contribution is 2.19. The topological polar surface area (TPSA) is 26.3 Å². The van der Waals surface area contributed by atoms with Crippen LogP contribution in [0.25, 0.3) is 0 Å². The monoisotopic (exact) mass is 186 g/mol. The van der Waals surface area contributed by atoms with Crippen LogP contribution in [0.5, 0.6) is 0 Å². The van der Waals surface area contributed by atoms with Crippen molar-refractivity contribution in [3.63, 3.8) is 0 Å². The molecule has 0 aliphatic rings. The van der Waals surface area contributed by atoms with Gasteiger partial charge in [-0.3, -0.25) is 0 Å². The predicted molar refractivity (Wildman–Crippen MR) is 36.9 cm³/mol. The largest absolute Gasteiger partial charge is 0.462 e. The third kappa shape index (κ3) is 3.51. The molecular weight excluding hydrogens is 178 g/mol. The Kier molecular flexibility index (Phi) is 4.33. The summed E-state index contributed by atoms with van der Waals surface area (Å²) in [5.41, 5.74) is 0. The normalized spacial score (nSPS) is 15.6. The summed E-state index contributed by atoms with van der Waals surface area (Å²) in [4.78, 5) is 10.5. The van der Waals surface area contributed by atoms with Crippen LogP contribution in [-0.2, 0) is 9.53 Å². The molecule has 2 nitrogen and oxygen atoms in total. The van der Waals surface area contributed by atoms with Gasteiger partial charge in [0, 0.05) is 0 Å². The number of halogens is 3. The average molecular weight is 187 g/mol. The molecular formula is C6H9ClF2O2. The Bertz CT molecular complexity index is 139. The Morgan fingerprint density at radius 3 is 2.64 bits per heavy atom. The Labute approximate surface area is 68.5 Å². The molecule has 1 unspecified atom stereocenters. The second kappa shape index (κ2) is 4.49. The van der Waals surface area contributed by atoms with Gasteiger partial charge < -0.3 is 4.74 Å². The Morgan fingerprint density at radius 2 is 2.27 bits per heavy atom. The third-order valence-electron chi connectivity index (χ3n) is 0.904. The van der Waals surface area contributed by atoms with Gasteiger partial charge >= 0.3 is 11.1 Å². The van der Waals surface area contributed by atoms with Crippen LogP contribution >= 0.6 is 11.6 Å². The van der Waals surface area contributed by atoms with Crippen molar-refractivity contribution in [2.45, 2.75) is 18.5 Å². The van der Waals surface area contributed by atoms with Gasteiger partial charge in [-0.15, -0.1) is 0 Å². The van der Waals surface area contributed by atoms with Crippen molar-refractivity contribution in [2.24, 2.45) is 0 Å². The van der Waals surface area contributed by atoms with Crippen molar-refractivity contribution < 1.29 is 18.3 Å². The quantitative estimate of drug-likeness (QED) is 0.495. The standard InChI is InChI=1S/C6H9ClF2O2/c1-2-3-11-5(10)6(7,9)4-8/h2-4H2,1H3. The van der Waals surface area contributed by atoms with E-state index in [1.807, 2.05) is 0 Å². The number of esters is 1. The summed E-state index contributed by atoms with van der Waals surface area (Å²) >= 11 is 4.79. The molecule has 0 aromatic heterocycles. The van der Waals surface area contributed by atoms with E-state index in [4.69, 9.17) is 11.6 Å². The molecule has 66 valence electrons. The van der Waals surface area contributed by atoms with Gasteiger partial charge in [0.15, 0.2) is 0 Å². The SMILES string of the molecule is CCCOC(=O)C(F)(Cl)CF. The Morgan fingerprint density at radius 1 is 1.73 bits per heavy atom. The highest BCUT2D eigenvalue weighted by atomic mass is 35.5. The maximum atomic E-state index is 12.5. The summed E-state index contributed by atoms with van der Waals surface area (Å²) in [6.07, 6.45) is 0.547. The van der Waals surface area contributed by atoms with E-state index in [0.29, 0.717) is 6.42 Å². The minimum atomic E-state index is -3.00. The van der Waals surface area contributed by atoms with Crippen molar-refractivity contribution in [3.05, 3.63) is 0 Å². The van der Waals surface area contributed by atoms with Crippen LogP contribution in [0, 0.1) is 0 Å². The molecule has 0 radical (unpaired) electrons. The minimum Gasteiger partial charge on any atom is -0.462 e. The lowest BCUT2D eigenvalue weighted by Gasteiger charge is -2.11. The van der Waals surface area contributed by atoms with E-state index in [1.165, 1.54) is 0 Å². The van der Waals surface area contributed by atoms with Crippen LogP contribution in [0.15, 0.2) is 0 Å². The molecule has 0 amide bonds. The van der Waals surface area contributed by atoms with E-state index < -0.39 is 17.8 Å². The van der Waals surface area contributed by atoms with Gasteiger partial charge in [-0.05, 0) is 6.42 Å². The fourth-order valence-corrected chi connectivity index (χ4v) is 0.409. The first-order chi connectivity index (χ1) is 5.04. The number of hydrogen-bond acceptors (Lipinski definition) is 2. The van der Waals surface area contributed by atoms with Crippen molar-refractivity contribution in [2.75, 3.05) is 13.3 Å². The fourth-order valence-electron chi connectivity index (χ4n) is 0.355. The van der Waals surface area contributed by atoms with Gasteiger partial charge in [-0.2, -0.15) is 0 Å². The van der Waals surface area contributed by atoms with Gasteiger partial charge in [-0.25, -0.2) is 13.6 Å². The number of carbonyl (C=O) groups excluding carboxylic acids is 1. The summed E-state index contributed by atoms with van der Waals surface area (Å²) in [7, 11) is 0. The molecule has 0 aliphatic carbocycles. The average Bonchev–Trinajstić information content (AvgIpc) is 2.00. The Balaban J connectivity index is 3.82. The minimum absolute atomic E-state index is 0.0528. The lowest BCUT2D eigenvalue weighted by Crippen LogP contribution is -2.31. The first-order valence-electron chi connectivity index (χ1n) is 3.15. The number of carbonyl (C=O) groups is 1. The number of rotatable bonds is 4. The number of ether oxygens (including phenoxy) is 1. The molecule has 0 aliphatic heterocycles. The summed E-state index contributed by atoms with van der Waals surface area (Å²) in [6, 6.07) is 0. The number of hydrogen-bond donors (Lipinski definition) is 0. The van der Waals surface area contributed by atoms with Crippen molar-refractivity contribution in [3.8, 4) is 0 Å². The van der Waals surface area contributed by atoms with Crippen molar-refractivity contribution >= 4 is 17.6 Å². The van der Waals surface area contributed by atoms with E-state index in [-0.39, 0.29) is 6.61 Å². The van der Waals surface area contributed by atoms with Gasteiger partial charge in [0.2, 0.25) is 0 Å². The highest BCUT2D eigenvalue weighted by Gasteiger charge is 2.38. The van der Waals surface area contributed by atoms with E-state index in [2.05, 4.69) is 4.74 Å². The van der Waals surface area contributed by atoms with Crippen LogP contribution in [0.3, 0.4) is 0 Å². The molecule has 0 rings (SSSR count). The summed E-state index contributed by atoms with van der Waals surface area (Å²) in [5, 5.41) is -3.00. The molecule has 0 fully saturated rings. The van der Waals surface area contributed by atoms with Crippen LogP contribution in [0.1, 0.15) is 13.3 Å². The molecule has 0 spiro atoms. The van der Waals surface area contributed by atoms with Crippen LogP contribution in [0.4, 0.5) is 8.78 Å². The second-order valence-electron chi connectivity index (χ2n) is 1.97. The molecule has 0 bridgehead atoms. The molecule has 11 heavy (non-hydrogen) atoms. The van der Waals surface area contributed by atoms with E-state index in [1.54, 1.807) is 6.92 Å². The zero-order valence-electron chi connectivity index (χ0n) is 6.07. The lowest BCUT2D eigenvalue weighted by molar-refractivity contribution is -0.153. The molecule has 0 heterocycles. The zero-order valence-corrected chi connectivity index (χ0v) is 6.83. The molecule has 1 atom stereocenters. The molecule has 0 N–H and O–H groups in total. The molecule has 0 saturated heterocycles. The predicted octanol–water partition coefficient (Wildman–Crippen LogP) is 1.81. The maximum absolute atomic E-state index is 12.5. The Hall–Kier alpha value is -0.380. The van der Waals surface area contributed by atoms with E-state index in [9.17, 15) is 13.6 Å². The van der Waals surface area contributed by atoms with Gasteiger partial charge in [0.05, 0.1) is 6.61 Å². The van der Waals surface area contributed by atoms with Crippen LogP contribution in [-0.4, -0.2) is 24.4 Å². The van der Waals surface area contributed by atoms with Gasteiger partial charge in [0.25, 0.3) is 0 Å².